The van der Waals surface area contributed by atoms with Gasteiger partial charge in [0.1, 0.15) is 11.6 Å². The average molecular weight is 384 g/mol. The molecule has 2 aliphatic heterocycles. The van der Waals surface area contributed by atoms with Gasteiger partial charge in [0.05, 0.1) is 0 Å². The third-order valence-electron chi connectivity index (χ3n) is 6.24. The van der Waals surface area contributed by atoms with Crippen molar-refractivity contribution >= 4 is 5.91 Å². The predicted octanol–water partition coefficient (Wildman–Crippen LogP) is 4.51. The molecule has 0 unspecified atom stereocenters. The molecule has 1 atom stereocenters. The second-order valence-corrected chi connectivity index (χ2v) is 8.09. The van der Waals surface area contributed by atoms with Gasteiger partial charge in [0.25, 0.3) is 0 Å². The van der Waals surface area contributed by atoms with Crippen molar-refractivity contribution in [3.8, 4) is 0 Å². The molecule has 2 aromatic carbocycles. The SMILES string of the molecule is O=C1CC[C@]2(CCCN(Cc3ccc(F)cc3)CC2)N1Cc1cccc(F)c1. The van der Waals surface area contributed by atoms with Gasteiger partial charge in [-0.2, -0.15) is 0 Å². The normalized spacial score (nSPS) is 23.4. The number of carbonyl (C=O) groups excluding carboxylic acids is 1. The molecule has 2 aliphatic rings. The van der Waals surface area contributed by atoms with Gasteiger partial charge in [0.15, 0.2) is 0 Å². The Morgan fingerprint density at radius 3 is 2.46 bits per heavy atom. The zero-order valence-electron chi connectivity index (χ0n) is 16.0. The number of hydrogen-bond acceptors (Lipinski definition) is 2. The summed E-state index contributed by atoms with van der Waals surface area (Å²) in [6, 6.07) is 13.2. The van der Waals surface area contributed by atoms with Gasteiger partial charge in [-0.25, -0.2) is 8.78 Å². The molecule has 0 aliphatic carbocycles. The fraction of sp³-hybridized carbons (Fsp3) is 0.435. The van der Waals surface area contributed by atoms with Crippen LogP contribution in [0, 0.1) is 11.6 Å². The summed E-state index contributed by atoms with van der Waals surface area (Å²) in [6.45, 7) is 3.16. The summed E-state index contributed by atoms with van der Waals surface area (Å²) in [4.78, 5) is 17.0. The first-order valence-corrected chi connectivity index (χ1v) is 10.1. The van der Waals surface area contributed by atoms with Crippen molar-refractivity contribution in [3.05, 3.63) is 71.3 Å². The molecule has 2 aromatic rings. The number of nitrogens with zero attached hydrogens (tertiary/aromatic N) is 2. The molecular formula is C23H26F2N2O. The molecule has 4 rings (SSSR count). The Balaban J connectivity index is 1.46. The van der Waals surface area contributed by atoms with Gasteiger partial charge in [-0.1, -0.05) is 24.3 Å². The number of halogens is 2. The zero-order valence-corrected chi connectivity index (χ0v) is 16.0. The van der Waals surface area contributed by atoms with Crippen molar-refractivity contribution in [2.45, 2.75) is 50.7 Å². The van der Waals surface area contributed by atoms with Gasteiger partial charge in [-0.05, 0) is 67.6 Å². The summed E-state index contributed by atoms with van der Waals surface area (Å²) in [5, 5.41) is 0. The van der Waals surface area contributed by atoms with Crippen LogP contribution in [-0.4, -0.2) is 34.3 Å². The molecule has 0 aromatic heterocycles. The fourth-order valence-corrected chi connectivity index (χ4v) is 4.71. The maximum absolute atomic E-state index is 13.6. The quantitative estimate of drug-likeness (QED) is 0.774. The van der Waals surface area contributed by atoms with Crippen LogP contribution in [0.1, 0.15) is 43.2 Å². The molecule has 5 heteroatoms. The molecule has 3 nitrogen and oxygen atoms in total. The minimum Gasteiger partial charge on any atom is -0.333 e. The highest BCUT2D eigenvalue weighted by Gasteiger charge is 2.45. The second kappa shape index (κ2) is 8.00. The molecule has 1 spiro atoms. The summed E-state index contributed by atoms with van der Waals surface area (Å²) in [7, 11) is 0. The van der Waals surface area contributed by atoms with E-state index in [9.17, 15) is 13.6 Å². The highest BCUT2D eigenvalue weighted by Crippen LogP contribution is 2.40. The van der Waals surface area contributed by atoms with Gasteiger partial charge in [-0.15, -0.1) is 0 Å². The van der Waals surface area contributed by atoms with E-state index in [1.807, 2.05) is 23.1 Å². The molecule has 1 amide bonds. The lowest BCUT2D eigenvalue weighted by molar-refractivity contribution is -0.132. The number of hydrogen-bond donors (Lipinski definition) is 0. The Bertz CT molecular complexity index is 839. The molecule has 0 radical (unpaired) electrons. The number of rotatable bonds is 4. The molecule has 0 saturated carbocycles. The van der Waals surface area contributed by atoms with Crippen molar-refractivity contribution < 1.29 is 13.6 Å². The van der Waals surface area contributed by atoms with Gasteiger partial charge < -0.3 is 4.90 Å². The van der Waals surface area contributed by atoms with Crippen molar-refractivity contribution in [3.63, 3.8) is 0 Å². The van der Waals surface area contributed by atoms with Crippen molar-refractivity contribution in [1.82, 2.24) is 9.80 Å². The number of amides is 1. The van der Waals surface area contributed by atoms with Gasteiger partial charge >= 0.3 is 0 Å². The van der Waals surface area contributed by atoms with Gasteiger partial charge in [-0.3, -0.25) is 9.69 Å². The highest BCUT2D eigenvalue weighted by atomic mass is 19.1. The summed E-state index contributed by atoms with van der Waals surface area (Å²) in [6.07, 6.45) is 4.39. The monoisotopic (exact) mass is 384 g/mol. The molecule has 2 fully saturated rings. The Morgan fingerprint density at radius 1 is 0.857 bits per heavy atom. The fourth-order valence-electron chi connectivity index (χ4n) is 4.71. The van der Waals surface area contributed by atoms with E-state index in [-0.39, 0.29) is 23.1 Å². The molecule has 2 saturated heterocycles. The Hall–Kier alpha value is -2.27. The highest BCUT2D eigenvalue weighted by molar-refractivity contribution is 5.79. The maximum atomic E-state index is 13.6. The van der Waals surface area contributed by atoms with Crippen molar-refractivity contribution in [2.75, 3.05) is 13.1 Å². The van der Waals surface area contributed by atoms with E-state index in [0.717, 1.165) is 56.4 Å². The molecular weight excluding hydrogens is 358 g/mol. The summed E-state index contributed by atoms with van der Waals surface area (Å²) < 4.78 is 26.7. The van der Waals surface area contributed by atoms with E-state index in [1.54, 1.807) is 6.07 Å². The largest absolute Gasteiger partial charge is 0.333 e. The lowest BCUT2D eigenvalue weighted by Crippen LogP contribution is -2.45. The van der Waals surface area contributed by atoms with Crippen LogP contribution >= 0.6 is 0 Å². The molecule has 2 heterocycles. The van der Waals surface area contributed by atoms with Crippen LogP contribution in [0.3, 0.4) is 0 Å². The second-order valence-electron chi connectivity index (χ2n) is 8.09. The van der Waals surface area contributed by atoms with Crippen LogP contribution in [0.25, 0.3) is 0 Å². The lowest BCUT2D eigenvalue weighted by Gasteiger charge is -2.38. The van der Waals surface area contributed by atoms with Gasteiger partial charge in [0, 0.05) is 31.6 Å². The standard InChI is InChI=1S/C23H26F2N2O/c24-20-7-5-18(6-8-20)16-26-13-2-10-23(12-14-26)11-9-22(28)27(23)17-19-3-1-4-21(25)15-19/h1,3-8,15H,2,9-14,16-17H2/t23-/m0/s1. The lowest BCUT2D eigenvalue weighted by atomic mass is 9.87. The van der Waals surface area contributed by atoms with Crippen LogP contribution in [-0.2, 0) is 17.9 Å². The molecule has 148 valence electrons. The van der Waals surface area contributed by atoms with E-state index >= 15 is 0 Å². The molecule has 0 bridgehead atoms. The summed E-state index contributed by atoms with van der Waals surface area (Å²) in [5.74, 6) is -0.295. The Kier molecular flexibility index (Phi) is 5.44. The Morgan fingerprint density at radius 2 is 1.68 bits per heavy atom. The maximum Gasteiger partial charge on any atom is 0.223 e. The summed E-state index contributed by atoms with van der Waals surface area (Å²) in [5.41, 5.74) is 1.83. The van der Waals surface area contributed by atoms with E-state index in [2.05, 4.69) is 4.90 Å². The predicted molar refractivity (Wildman–Crippen MR) is 104 cm³/mol. The third-order valence-corrected chi connectivity index (χ3v) is 6.24. The number of likely N-dealkylation sites (tertiary alicyclic amines) is 2. The Labute approximate surface area is 165 Å². The summed E-state index contributed by atoms with van der Waals surface area (Å²) >= 11 is 0. The van der Waals surface area contributed by atoms with Gasteiger partial charge in [0.2, 0.25) is 5.91 Å². The minimum absolute atomic E-state index is 0.124. The minimum atomic E-state index is -0.260. The average Bonchev–Trinajstić information content (AvgIpc) is 2.85. The molecule has 0 N–H and O–H groups in total. The first-order valence-electron chi connectivity index (χ1n) is 10.1. The van der Waals surface area contributed by atoms with Crippen LogP contribution in [0.2, 0.25) is 0 Å². The van der Waals surface area contributed by atoms with Crippen LogP contribution in [0.5, 0.6) is 0 Å². The van der Waals surface area contributed by atoms with Crippen LogP contribution < -0.4 is 0 Å². The van der Waals surface area contributed by atoms with E-state index in [4.69, 9.17) is 0 Å². The smallest absolute Gasteiger partial charge is 0.223 e. The van der Waals surface area contributed by atoms with E-state index in [0.29, 0.717) is 13.0 Å². The third kappa shape index (κ3) is 4.09. The van der Waals surface area contributed by atoms with Crippen LogP contribution in [0.15, 0.2) is 48.5 Å². The van der Waals surface area contributed by atoms with Crippen LogP contribution in [0.4, 0.5) is 8.78 Å². The van der Waals surface area contributed by atoms with E-state index < -0.39 is 0 Å². The zero-order chi connectivity index (χ0) is 19.6. The topological polar surface area (TPSA) is 23.6 Å². The number of benzene rings is 2. The van der Waals surface area contributed by atoms with Crippen molar-refractivity contribution in [1.29, 1.82) is 0 Å². The van der Waals surface area contributed by atoms with Crippen molar-refractivity contribution in [2.24, 2.45) is 0 Å². The molecule has 28 heavy (non-hydrogen) atoms. The number of carbonyl (C=O) groups is 1. The first-order chi connectivity index (χ1) is 13.5. The first kappa shape index (κ1) is 19.1. The van der Waals surface area contributed by atoms with E-state index in [1.165, 1.54) is 24.3 Å².